The molecule has 0 aliphatic carbocycles. The number of nitrogens with two attached hydrogens (primary N) is 1. The second kappa shape index (κ2) is 1.94. The predicted molar refractivity (Wildman–Crippen MR) is 30.0 cm³/mol. The second-order valence-corrected chi connectivity index (χ2v) is 1.60. The molecule has 0 aromatic carbocycles. The van der Waals surface area contributed by atoms with Gasteiger partial charge in [-0.1, -0.05) is 0 Å². The molecule has 9 heavy (non-hydrogen) atoms. The standard InChI is InChI=1S/C4H5N3O2/c5-2-1-6-4(9)7-3(2)8/h1-2H,5H2,(H,7,8,9)/t2-/m0/s1. The molecule has 0 saturated carbocycles. The Kier molecular flexibility index (Phi) is 1.27. The molecular formula is C4H5N3O2. The zero-order chi connectivity index (χ0) is 6.85. The van der Waals surface area contributed by atoms with E-state index in [1.54, 1.807) is 0 Å². The van der Waals surface area contributed by atoms with Gasteiger partial charge in [-0.2, -0.15) is 0 Å². The van der Waals surface area contributed by atoms with Crippen LogP contribution in [0, 0.1) is 0 Å². The Morgan fingerprint density at radius 1 is 1.67 bits per heavy atom. The topological polar surface area (TPSA) is 84.5 Å². The van der Waals surface area contributed by atoms with Gasteiger partial charge in [-0.3, -0.25) is 10.1 Å². The molecule has 0 aromatic rings. The lowest BCUT2D eigenvalue weighted by Gasteiger charge is -2.08. The zero-order valence-electron chi connectivity index (χ0n) is 4.50. The summed E-state index contributed by atoms with van der Waals surface area (Å²) in [6.45, 7) is 0. The highest BCUT2D eigenvalue weighted by Gasteiger charge is 2.17. The number of amides is 3. The van der Waals surface area contributed by atoms with Gasteiger partial charge in [-0.05, 0) is 0 Å². The van der Waals surface area contributed by atoms with Gasteiger partial charge in [-0.15, -0.1) is 0 Å². The van der Waals surface area contributed by atoms with Crippen molar-refractivity contribution in [2.45, 2.75) is 6.04 Å². The number of carbonyl (C=O) groups is 2. The quantitative estimate of drug-likeness (QED) is 0.421. The Balaban J connectivity index is 2.76. The SMILES string of the molecule is N[C@H]1C=NC(=O)NC1=O. The maximum atomic E-state index is 10.5. The lowest BCUT2D eigenvalue weighted by atomic mass is 10.3. The Morgan fingerprint density at radius 2 is 2.33 bits per heavy atom. The van der Waals surface area contributed by atoms with Gasteiger partial charge in [0.25, 0.3) is 5.91 Å². The van der Waals surface area contributed by atoms with Crippen molar-refractivity contribution in [3.63, 3.8) is 0 Å². The molecule has 0 bridgehead atoms. The van der Waals surface area contributed by atoms with Crippen molar-refractivity contribution in [1.29, 1.82) is 0 Å². The first-order valence-electron chi connectivity index (χ1n) is 2.35. The van der Waals surface area contributed by atoms with Crippen molar-refractivity contribution in [2.75, 3.05) is 0 Å². The monoisotopic (exact) mass is 127 g/mol. The normalized spacial score (nSPS) is 26.1. The number of rotatable bonds is 0. The molecular weight excluding hydrogens is 122 g/mol. The first-order valence-corrected chi connectivity index (χ1v) is 2.35. The van der Waals surface area contributed by atoms with E-state index < -0.39 is 18.0 Å². The Hall–Kier alpha value is -1.23. The van der Waals surface area contributed by atoms with Gasteiger partial charge >= 0.3 is 6.03 Å². The van der Waals surface area contributed by atoms with Crippen LogP contribution < -0.4 is 11.1 Å². The van der Waals surface area contributed by atoms with Crippen LogP contribution in [0.1, 0.15) is 0 Å². The summed E-state index contributed by atoms with van der Waals surface area (Å²) >= 11 is 0. The van der Waals surface area contributed by atoms with Crippen LogP contribution >= 0.6 is 0 Å². The molecule has 1 atom stereocenters. The molecule has 5 heteroatoms. The lowest BCUT2D eigenvalue weighted by Crippen LogP contribution is -2.47. The summed E-state index contributed by atoms with van der Waals surface area (Å²) in [5, 5.41) is 1.93. The Morgan fingerprint density at radius 3 is 2.78 bits per heavy atom. The molecule has 0 radical (unpaired) electrons. The van der Waals surface area contributed by atoms with Crippen LogP contribution in [0.4, 0.5) is 4.79 Å². The maximum absolute atomic E-state index is 10.5. The Bertz CT molecular complexity index is 186. The molecule has 3 amide bonds. The molecule has 0 unspecified atom stereocenters. The fraction of sp³-hybridized carbons (Fsp3) is 0.250. The van der Waals surface area contributed by atoms with E-state index in [1.807, 2.05) is 5.32 Å². The van der Waals surface area contributed by atoms with E-state index in [-0.39, 0.29) is 0 Å². The van der Waals surface area contributed by atoms with Crippen LogP contribution in [0.3, 0.4) is 0 Å². The molecule has 0 fully saturated rings. The molecule has 5 nitrogen and oxygen atoms in total. The molecule has 48 valence electrons. The van der Waals surface area contributed by atoms with Crippen LogP contribution in [0.15, 0.2) is 4.99 Å². The number of hydrogen-bond donors (Lipinski definition) is 2. The van der Waals surface area contributed by atoms with Crippen molar-refractivity contribution in [2.24, 2.45) is 10.7 Å². The number of carbonyl (C=O) groups excluding carboxylic acids is 2. The summed E-state index contributed by atoms with van der Waals surface area (Å²) in [4.78, 5) is 23.9. The molecule has 0 saturated heterocycles. The van der Waals surface area contributed by atoms with Gasteiger partial charge in [0.15, 0.2) is 0 Å². The van der Waals surface area contributed by atoms with Crippen LogP contribution in [0.25, 0.3) is 0 Å². The van der Waals surface area contributed by atoms with E-state index >= 15 is 0 Å². The van der Waals surface area contributed by atoms with Gasteiger partial charge in [0, 0.05) is 6.21 Å². The highest BCUT2D eigenvalue weighted by atomic mass is 16.2. The summed E-state index contributed by atoms with van der Waals surface area (Å²) < 4.78 is 0. The first kappa shape index (κ1) is 5.90. The molecule has 0 aromatic heterocycles. The fourth-order valence-corrected chi connectivity index (χ4v) is 0.437. The summed E-state index contributed by atoms with van der Waals surface area (Å²) in [5.74, 6) is -0.505. The summed E-state index contributed by atoms with van der Waals surface area (Å²) in [5.41, 5.74) is 5.13. The third-order valence-electron chi connectivity index (χ3n) is 0.885. The Labute approximate surface area is 50.9 Å². The van der Waals surface area contributed by atoms with Crippen molar-refractivity contribution < 1.29 is 9.59 Å². The molecule has 1 aliphatic heterocycles. The molecule has 1 aliphatic rings. The van der Waals surface area contributed by atoms with Gasteiger partial charge in [0.1, 0.15) is 6.04 Å². The molecule has 1 heterocycles. The van der Waals surface area contributed by atoms with Crippen molar-refractivity contribution >= 4 is 18.2 Å². The van der Waals surface area contributed by atoms with E-state index in [4.69, 9.17) is 5.73 Å². The van der Waals surface area contributed by atoms with Crippen LogP contribution in [0.5, 0.6) is 0 Å². The van der Waals surface area contributed by atoms with Gasteiger partial charge in [0.2, 0.25) is 0 Å². The number of aliphatic imine (C=N–C) groups is 1. The van der Waals surface area contributed by atoms with E-state index in [0.29, 0.717) is 0 Å². The summed E-state index contributed by atoms with van der Waals surface area (Å²) in [7, 11) is 0. The number of hydrogen-bond acceptors (Lipinski definition) is 3. The van der Waals surface area contributed by atoms with E-state index in [2.05, 4.69) is 4.99 Å². The van der Waals surface area contributed by atoms with E-state index in [1.165, 1.54) is 0 Å². The average Bonchev–Trinajstić information content (AvgIpc) is 1.80. The third-order valence-corrected chi connectivity index (χ3v) is 0.885. The van der Waals surface area contributed by atoms with E-state index in [0.717, 1.165) is 6.21 Å². The maximum Gasteiger partial charge on any atom is 0.347 e. The van der Waals surface area contributed by atoms with Gasteiger partial charge in [-0.25, -0.2) is 9.79 Å². The van der Waals surface area contributed by atoms with E-state index in [9.17, 15) is 9.59 Å². The molecule has 0 spiro atoms. The van der Waals surface area contributed by atoms with Crippen molar-refractivity contribution in [3.05, 3.63) is 0 Å². The largest absolute Gasteiger partial charge is 0.347 e. The average molecular weight is 127 g/mol. The minimum atomic E-state index is -0.775. The second-order valence-electron chi connectivity index (χ2n) is 1.60. The number of nitrogens with one attached hydrogen (secondary N) is 1. The highest BCUT2D eigenvalue weighted by molar-refractivity contribution is 6.11. The zero-order valence-corrected chi connectivity index (χ0v) is 4.50. The number of urea groups is 1. The van der Waals surface area contributed by atoms with Crippen molar-refractivity contribution in [3.8, 4) is 0 Å². The number of nitrogens with zero attached hydrogens (tertiary/aromatic N) is 1. The fourth-order valence-electron chi connectivity index (χ4n) is 0.437. The number of imide groups is 1. The minimum Gasteiger partial charge on any atom is -0.315 e. The summed E-state index contributed by atoms with van der Waals surface area (Å²) in [6.07, 6.45) is 1.11. The molecule has 1 rings (SSSR count). The van der Waals surface area contributed by atoms with Crippen LogP contribution in [-0.4, -0.2) is 24.2 Å². The summed E-state index contributed by atoms with van der Waals surface area (Å²) in [6, 6.07) is -1.43. The molecule has 3 N–H and O–H groups in total. The highest BCUT2D eigenvalue weighted by Crippen LogP contribution is 1.84. The predicted octanol–water partition coefficient (Wildman–Crippen LogP) is -1.37. The van der Waals surface area contributed by atoms with Gasteiger partial charge in [0.05, 0.1) is 0 Å². The van der Waals surface area contributed by atoms with Crippen molar-refractivity contribution in [1.82, 2.24) is 5.32 Å². The minimum absolute atomic E-state index is 0.505. The van der Waals surface area contributed by atoms with Gasteiger partial charge < -0.3 is 5.73 Å². The third kappa shape index (κ3) is 1.11. The van der Waals surface area contributed by atoms with Crippen LogP contribution in [0.2, 0.25) is 0 Å². The smallest absolute Gasteiger partial charge is 0.315 e. The lowest BCUT2D eigenvalue weighted by molar-refractivity contribution is -0.119. The first-order chi connectivity index (χ1) is 4.20. The van der Waals surface area contributed by atoms with Crippen LogP contribution in [-0.2, 0) is 4.79 Å².